The van der Waals surface area contributed by atoms with E-state index in [0.29, 0.717) is 6.42 Å². The summed E-state index contributed by atoms with van der Waals surface area (Å²) in [7, 11) is 1.72. The molecule has 1 fully saturated rings. The Morgan fingerprint density at radius 3 is 2.03 bits per heavy atom. The maximum Gasteiger partial charge on any atom is 0.490 e. The van der Waals surface area contributed by atoms with Gasteiger partial charge in [-0.3, -0.25) is 14.8 Å². The Kier molecular flexibility index (Phi) is 11.9. The van der Waals surface area contributed by atoms with Crippen molar-refractivity contribution >= 4 is 17.8 Å². The number of carboxylic acids is 2. The van der Waals surface area contributed by atoms with Crippen molar-refractivity contribution in [3.8, 4) is 0 Å². The summed E-state index contributed by atoms with van der Waals surface area (Å²) in [6.07, 6.45) is -2.79. The first-order chi connectivity index (χ1) is 17.2. The molecule has 9 nitrogen and oxygen atoms in total. The number of alkyl halides is 6. The molecule has 3 heterocycles. The second-order valence-electron chi connectivity index (χ2n) is 7.39. The standard InChI is InChI=1S/C18H21N3O2.2C2HF3O2/c1-23-17-7-10-21(16(17)11-14-5-4-8-19-13-14)18(22)12-15-6-2-3-9-20-15;2*3-2(4,5)1(6)7/h2-6,8-9,13,16-17H,7,10-12H2,1H3;2*(H,6,7)/t16-,17+;;/m0../s1. The first kappa shape index (κ1) is 31.3. The molecule has 1 aliphatic heterocycles. The van der Waals surface area contributed by atoms with Gasteiger partial charge in [-0.25, -0.2) is 9.59 Å². The number of hydrogen-bond acceptors (Lipinski definition) is 6. The molecule has 2 atom stereocenters. The molecule has 2 N–H and O–H groups in total. The lowest BCUT2D eigenvalue weighted by Crippen LogP contribution is -2.42. The van der Waals surface area contributed by atoms with E-state index in [1.807, 2.05) is 41.4 Å². The van der Waals surface area contributed by atoms with E-state index in [2.05, 4.69) is 9.97 Å². The van der Waals surface area contributed by atoms with Crippen molar-refractivity contribution in [2.24, 2.45) is 0 Å². The Labute approximate surface area is 206 Å². The number of aliphatic carboxylic acids is 2. The molecule has 1 saturated heterocycles. The van der Waals surface area contributed by atoms with Crippen molar-refractivity contribution in [2.45, 2.75) is 43.8 Å². The average molecular weight is 539 g/mol. The molecule has 0 saturated carbocycles. The van der Waals surface area contributed by atoms with Gasteiger partial charge >= 0.3 is 24.3 Å². The van der Waals surface area contributed by atoms with E-state index in [-0.39, 0.29) is 18.1 Å². The van der Waals surface area contributed by atoms with Gasteiger partial charge in [-0.05, 0) is 36.6 Å². The molecule has 0 bridgehead atoms. The summed E-state index contributed by atoms with van der Waals surface area (Å²) in [5, 5.41) is 14.2. The zero-order valence-electron chi connectivity index (χ0n) is 19.2. The SMILES string of the molecule is CO[C@@H]1CCN(C(=O)Cc2ccccn2)[C@H]1Cc1cccnc1.O=C(O)C(F)(F)F.O=C(O)C(F)(F)F. The molecule has 204 valence electrons. The summed E-state index contributed by atoms with van der Waals surface area (Å²) >= 11 is 0. The van der Waals surface area contributed by atoms with E-state index in [4.69, 9.17) is 24.5 Å². The summed E-state index contributed by atoms with van der Waals surface area (Å²) in [6, 6.07) is 9.67. The third-order valence-electron chi connectivity index (χ3n) is 4.82. The number of carbonyl (C=O) groups is 3. The van der Waals surface area contributed by atoms with Crippen molar-refractivity contribution in [3.05, 3.63) is 60.2 Å². The van der Waals surface area contributed by atoms with E-state index in [1.54, 1.807) is 19.5 Å². The van der Waals surface area contributed by atoms with Gasteiger partial charge in [-0.2, -0.15) is 26.3 Å². The number of carboxylic acid groups (broad SMARTS) is 2. The first-order valence-electron chi connectivity index (χ1n) is 10.4. The van der Waals surface area contributed by atoms with Gasteiger partial charge in [0.2, 0.25) is 5.91 Å². The van der Waals surface area contributed by atoms with Gasteiger partial charge in [0.25, 0.3) is 0 Å². The summed E-state index contributed by atoms with van der Waals surface area (Å²) in [4.78, 5) is 40.8. The number of nitrogens with zero attached hydrogens (tertiary/aromatic N) is 3. The molecule has 15 heteroatoms. The summed E-state index contributed by atoms with van der Waals surface area (Å²) in [6.45, 7) is 0.731. The monoisotopic (exact) mass is 539 g/mol. The minimum absolute atomic E-state index is 0.0559. The predicted molar refractivity (Wildman–Crippen MR) is 114 cm³/mol. The number of hydrogen-bond donors (Lipinski definition) is 2. The lowest BCUT2D eigenvalue weighted by atomic mass is 10.0. The van der Waals surface area contributed by atoms with Gasteiger partial charge in [-0.1, -0.05) is 12.1 Å². The number of pyridine rings is 2. The number of likely N-dealkylation sites (tertiary alicyclic amines) is 1. The maximum atomic E-state index is 12.7. The molecule has 3 rings (SSSR count). The van der Waals surface area contributed by atoms with Gasteiger partial charge in [0.05, 0.1) is 18.6 Å². The topological polar surface area (TPSA) is 130 Å². The lowest BCUT2D eigenvalue weighted by molar-refractivity contribution is -0.193. The smallest absolute Gasteiger partial charge is 0.475 e. The van der Waals surface area contributed by atoms with Crippen molar-refractivity contribution in [2.75, 3.05) is 13.7 Å². The Morgan fingerprint density at radius 1 is 1.00 bits per heavy atom. The molecule has 2 aromatic rings. The van der Waals surface area contributed by atoms with Crippen molar-refractivity contribution in [1.82, 2.24) is 14.9 Å². The zero-order valence-corrected chi connectivity index (χ0v) is 19.2. The summed E-state index contributed by atoms with van der Waals surface area (Å²) in [5.41, 5.74) is 1.93. The van der Waals surface area contributed by atoms with Gasteiger partial charge in [-0.15, -0.1) is 0 Å². The van der Waals surface area contributed by atoms with Gasteiger partial charge in [0.1, 0.15) is 0 Å². The fourth-order valence-electron chi connectivity index (χ4n) is 3.17. The fourth-order valence-corrected chi connectivity index (χ4v) is 3.17. The molecule has 0 radical (unpaired) electrons. The van der Waals surface area contributed by atoms with Crippen LogP contribution in [0.25, 0.3) is 0 Å². The van der Waals surface area contributed by atoms with Crippen LogP contribution >= 0.6 is 0 Å². The van der Waals surface area contributed by atoms with Crippen LogP contribution in [0.5, 0.6) is 0 Å². The number of methoxy groups -OCH3 is 1. The summed E-state index contributed by atoms with van der Waals surface area (Å²) in [5.74, 6) is -5.41. The number of ether oxygens (including phenoxy) is 1. The molecule has 0 spiro atoms. The minimum atomic E-state index is -5.08. The highest BCUT2D eigenvalue weighted by molar-refractivity contribution is 5.79. The first-order valence-corrected chi connectivity index (χ1v) is 10.4. The van der Waals surface area contributed by atoms with E-state index in [9.17, 15) is 31.1 Å². The van der Waals surface area contributed by atoms with Crippen LogP contribution in [0.4, 0.5) is 26.3 Å². The molecular weight excluding hydrogens is 516 g/mol. The molecule has 37 heavy (non-hydrogen) atoms. The van der Waals surface area contributed by atoms with Crippen LogP contribution in [0.3, 0.4) is 0 Å². The Morgan fingerprint density at radius 2 is 1.59 bits per heavy atom. The zero-order chi connectivity index (χ0) is 28.2. The Balaban J connectivity index is 0.000000404. The molecule has 1 aliphatic rings. The minimum Gasteiger partial charge on any atom is -0.475 e. The molecule has 0 unspecified atom stereocenters. The van der Waals surface area contributed by atoms with Crippen LogP contribution in [0.15, 0.2) is 48.9 Å². The second-order valence-corrected chi connectivity index (χ2v) is 7.39. The largest absolute Gasteiger partial charge is 0.490 e. The third-order valence-corrected chi connectivity index (χ3v) is 4.82. The van der Waals surface area contributed by atoms with Gasteiger partial charge < -0.3 is 19.8 Å². The van der Waals surface area contributed by atoms with E-state index >= 15 is 0 Å². The number of rotatable bonds is 5. The average Bonchev–Trinajstić information content (AvgIpc) is 3.22. The number of amides is 1. The van der Waals surface area contributed by atoms with Crippen LogP contribution in [0.1, 0.15) is 17.7 Å². The molecule has 0 aromatic carbocycles. The number of aromatic nitrogens is 2. The number of carbonyl (C=O) groups excluding carboxylic acids is 1. The van der Waals surface area contributed by atoms with E-state index < -0.39 is 24.3 Å². The summed E-state index contributed by atoms with van der Waals surface area (Å²) < 4.78 is 69.1. The fraction of sp³-hybridized carbons (Fsp3) is 0.409. The quantitative estimate of drug-likeness (QED) is 0.555. The normalized spacial score (nSPS) is 17.1. The highest BCUT2D eigenvalue weighted by Crippen LogP contribution is 2.24. The van der Waals surface area contributed by atoms with E-state index in [1.165, 1.54) is 0 Å². The lowest BCUT2D eigenvalue weighted by Gasteiger charge is -2.27. The highest BCUT2D eigenvalue weighted by atomic mass is 19.4. The van der Waals surface area contributed by atoms with Crippen LogP contribution in [-0.4, -0.2) is 81.1 Å². The van der Waals surface area contributed by atoms with Crippen molar-refractivity contribution in [1.29, 1.82) is 0 Å². The molecule has 0 aliphatic carbocycles. The molecule has 2 aromatic heterocycles. The second kappa shape index (κ2) is 14.1. The van der Waals surface area contributed by atoms with E-state index in [0.717, 1.165) is 30.6 Å². The van der Waals surface area contributed by atoms with Crippen molar-refractivity contribution < 1.29 is 55.7 Å². The highest BCUT2D eigenvalue weighted by Gasteiger charge is 2.39. The van der Waals surface area contributed by atoms with Crippen LogP contribution in [0, 0.1) is 0 Å². The van der Waals surface area contributed by atoms with Crippen LogP contribution in [0.2, 0.25) is 0 Å². The van der Waals surface area contributed by atoms with Gasteiger partial charge in [0, 0.05) is 37.9 Å². The Bertz CT molecular complexity index is 981. The Hall–Kier alpha value is -3.75. The molecule has 1 amide bonds. The maximum absolute atomic E-state index is 12.7. The third kappa shape index (κ3) is 11.2. The number of halogens is 6. The van der Waals surface area contributed by atoms with Gasteiger partial charge in [0.15, 0.2) is 0 Å². The van der Waals surface area contributed by atoms with Crippen LogP contribution in [-0.2, 0) is 32.0 Å². The van der Waals surface area contributed by atoms with Crippen molar-refractivity contribution in [3.63, 3.8) is 0 Å². The van der Waals surface area contributed by atoms with Crippen LogP contribution < -0.4 is 0 Å². The molecular formula is C22H23F6N3O6. The predicted octanol–water partition coefficient (Wildman–Crippen LogP) is 3.14.